The van der Waals surface area contributed by atoms with Gasteiger partial charge >= 0.3 is 0 Å². The molecule has 0 aromatic carbocycles. The lowest BCUT2D eigenvalue weighted by Crippen LogP contribution is -2.26. The molecule has 1 heterocycles. The molecule has 0 aliphatic carbocycles. The van der Waals surface area contributed by atoms with Crippen LogP contribution in [0.15, 0.2) is 5.38 Å². The summed E-state index contributed by atoms with van der Waals surface area (Å²) in [5.41, 5.74) is 0.828. The second-order valence-electron chi connectivity index (χ2n) is 3.24. The maximum atomic E-state index is 11.5. The molecule has 1 aromatic rings. The Morgan fingerprint density at radius 2 is 2.50 bits per heavy atom. The zero-order valence-electron chi connectivity index (χ0n) is 9.16. The monoisotopic (exact) mass is 262 g/mol. The number of halogens is 1. The number of rotatable bonds is 7. The van der Waals surface area contributed by atoms with E-state index in [1.54, 1.807) is 7.11 Å². The van der Waals surface area contributed by atoms with E-state index in [2.05, 4.69) is 10.3 Å². The van der Waals surface area contributed by atoms with Gasteiger partial charge in [-0.3, -0.25) is 4.79 Å². The Labute approximate surface area is 104 Å². The molecule has 1 aromatic heterocycles. The Bertz CT molecular complexity index is 330. The van der Waals surface area contributed by atoms with E-state index in [9.17, 15) is 4.79 Å². The van der Waals surface area contributed by atoms with Gasteiger partial charge in [0.2, 0.25) is 5.91 Å². The van der Waals surface area contributed by atoms with E-state index in [0.717, 1.165) is 17.1 Å². The Balaban J connectivity index is 2.23. The lowest BCUT2D eigenvalue weighted by atomic mass is 10.4. The van der Waals surface area contributed by atoms with E-state index in [1.807, 2.05) is 5.38 Å². The molecule has 90 valence electrons. The second-order valence-corrected chi connectivity index (χ2v) is 4.45. The molecule has 0 spiro atoms. The Morgan fingerprint density at radius 1 is 1.69 bits per heavy atom. The number of methoxy groups -OCH3 is 1. The molecular formula is C10H15ClN2O2S. The third-order valence-electron chi connectivity index (χ3n) is 1.90. The number of aromatic nitrogens is 1. The molecule has 0 aliphatic rings. The standard InChI is InChI=1S/C10H15ClN2O2S/c1-15-4-2-3-12-9(14)5-10-13-8(6-11)7-16-10/h7H,2-6H2,1H3,(H,12,14). The van der Waals surface area contributed by atoms with Gasteiger partial charge in [0.15, 0.2) is 0 Å². The molecule has 0 aliphatic heterocycles. The summed E-state index contributed by atoms with van der Waals surface area (Å²) in [4.78, 5) is 15.7. The first-order chi connectivity index (χ1) is 7.76. The Hall–Kier alpha value is -0.650. The molecule has 0 bridgehead atoms. The molecule has 0 atom stereocenters. The summed E-state index contributed by atoms with van der Waals surface area (Å²) in [7, 11) is 1.64. The van der Waals surface area contributed by atoms with Crippen LogP contribution < -0.4 is 5.32 Å². The van der Waals surface area contributed by atoms with E-state index in [0.29, 0.717) is 25.5 Å². The van der Waals surface area contributed by atoms with Gasteiger partial charge in [-0.1, -0.05) is 0 Å². The number of hydrogen-bond donors (Lipinski definition) is 1. The van der Waals surface area contributed by atoms with Crippen molar-refractivity contribution >= 4 is 28.8 Å². The summed E-state index contributed by atoms with van der Waals surface area (Å²) in [6, 6.07) is 0. The fourth-order valence-electron chi connectivity index (χ4n) is 1.14. The largest absolute Gasteiger partial charge is 0.385 e. The smallest absolute Gasteiger partial charge is 0.226 e. The van der Waals surface area contributed by atoms with Crippen molar-refractivity contribution in [2.24, 2.45) is 0 Å². The number of ether oxygens (including phenoxy) is 1. The summed E-state index contributed by atoms with van der Waals surface area (Å²) in [5.74, 6) is 0.387. The van der Waals surface area contributed by atoms with Crippen molar-refractivity contribution in [3.05, 3.63) is 16.1 Å². The van der Waals surface area contributed by atoms with E-state index in [-0.39, 0.29) is 5.91 Å². The highest BCUT2D eigenvalue weighted by Crippen LogP contribution is 2.11. The molecular weight excluding hydrogens is 248 g/mol. The van der Waals surface area contributed by atoms with Crippen LogP contribution in [0.1, 0.15) is 17.1 Å². The Kier molecular flexibility index (Phi) is 6.37. The first-order valence-electron chi connectivity index (χ1n) is 5.01. The van der Waals surface area contributed by atoms with Crippen molar-refractivity contribution < 1.29 is 9.53 Å². The normalized spacial score (nSPS) is 10.4. The molecule has 0 unspecified atom stereocenters. The summed E-state index contributed by atoms with van der Waals surface area (Å²) >= 11 is 7.09. The topological polar surface area (TPSA) is 51.2 Å². The van der Waals surface area contributed by atoms with Gasteiger partial charge in [-0.15, -0.1) is 22.9 Å². The van der Waals surface area contributed by atoms with Crippen LogP contribution in [0, 0.1) is 0 Å². The molecule has 0 saturated heterocycles. The van der Waals surface area contributed by atoms with E-state index >= 15 is 0 Å². The number of nitrogens with one attached hydrogen (secondary N) is 1. The third-order valence-corrected chi connectivity index (χ3v) is 3.07. The van der Waals surface area contributed by atoms with Crippen molar-refractivity contribution in [3.8, 4) is 0 Å². The number of carbonyl (C=O) groups excluding carboxylic acids is 1. The van der Waals surface area contributed by atoms with Crippen LogP contribution in [-0.2, 0) is 21.8 Å². The predicted octanol–water partition coefficient (Wildman–Crippen LogP) is 1.58. The molecule has 16 heavy (non-hydrogen) atoms. The maximum absolute atomic E-state index is 11.5. The van der Waals surface area contributed by atoms with Gasteiger partial charge in [0.25, 0.3) is 0 Å². The van der Waals surface area contributed by atoms with Gasteiger partial charge < -0.3 is 10.1 Å². The van der Waals surface area contributed by atoms with Crippen molar-refractivity contribution in [2.75, 3.05) is 20.3 Å². The quantitative estimate of drug-likeness (QED) is 0.600. The molecule has 0 radical (unpaired) electrons. The number of thiazole rings is 1. The zero-order valence-corrected chi connectivity index (χ0v) is 10.7. The minimum atomic E-state index is -0.00780. The number of alkyl halides is 1. The SMILES string of the molecule is COCCCNC(=O)Cc1nc(CCl)cs1. The first kappa shape index (κ1) is 13.4. The van der Waals surface area contributed by atoms with Gasteiger partial charge in [-0.05, 0) is 6.42 Å². The highest BCUT2D eigenvalue weighted by Gasteiger charge is 2.06. The van der Waals surface area contributed by atoms with Gasteiger partial charge in [-0.2, -0.15) is 0 Å². The van der Waals surface area contributed by atoms with Gasteiger partial charge in [0.1, 0.15) is 5.01 Å². The second kappa shape index (κ2) is 7.60. The molecule has 0 fully saturated rings. The van der Waals surface area contributed by atoms with E-state index in [4.69, 9.17) is 16.3 Å². The maximum Gasteiger partial charge on any atom is 0.226 e. The fourth-order valence-corrected chi connectivity index (χ4v) is 2.16. The average molecular weight is 263 g/mol. The molecule has 6 heteroatoms. The van der Waals surface area contributed by atoms with Gasteiger partial charge in [0, 0.05) is 25.6 Å². The number of carbonyl (C=O) groups is 1. The van der Waals surface area contributed by atoms with Crippen LogP contribution in [0.5, 0.6) is 0 Å². The van der Waals surface area contributed by atoms with E-state index in [1.165, 1.54) is 11.3 Å². The zero-order chi connectivity index (χ0) is 11.8. The van der Waals surface area contributed by atoms with Gasteiger partial charge in [-0.25, -0.2) is 4.98 Å². The number of nitrogens with zero attached hydrogens (tertiary/aromatic N) is 1. The highest BCUT2D eigenvalue weighted by molar-refractivity contribution is 7.09. The van der Waals surface area contributed by atoms with Crippen LogP contribution in [-0.4, -0.2) is 31.2 Å². The minimum Gasteiger partial charge on any atom is -0.385 e. The predicted molar refractivity (Wildman–Crippen MR) is 64.9 cm³/mol. The van der Waals surface area contributed by atoms with Crippen LogP contribution in [0.25, 0.3) is 0 Å². The van der Waals surface area contributed by atoms with Crippen LogP contribution in [0.4, 0.5) is 0 Å². The summed E-state index contributed by atoms with van der Waals surface area (Å²) < 4.78 is 4.88. The van der Waals surface area contributed by atoms with Crippen molar-refractivity contribution in [1.29, 1.82) is 0 Å². The Morgan fingerprint density at radius 3 is 3.12 bits per heavy atom. The van der Waals surface area contributed by atoms with Crippen LogP contribution >= 0.6 is 22.9 Å². The summed E-state index contributed by atoms with van der Waals surface area (Å²) in [6.07, 6.45) is 1.15. The van der Waals surface area contributed by atoms with Crippen LogP contribution in [0.3, 0.4) is 0 Å². The number of amides is 1. The number of hydrogen-bond acceptors (Lipinski definition) is 4. The average Bonchev–Trinajstić information content (AvgIpc) is 2.72. The summed E-state index contributed by atoms with van der Waals surface area (Å²) in [5, 5.41) is 5.49. The fraction of sp³-hybridized carbons (Fsp3) is 0.600. The molecule has 1 amide bonds. The van der Waals surface area contributed by atoms with Crippen molar-refractivity contribution in [1.82, 2.24) is 10.3 Å². The first-order valence-corrected chi connectivity index (χ1v) is 6.42. The minimum absolute atomic E-state index is 0.00780. The molecule has 1 N–H and O–H groups in total. The molecule has 4 nitrogen and oxygen atoms in total. The lowest BCUT2D eigenvalue weighted by Gasteiger charge is -2.02. The van der Waals surface area contributed by atoms with Crippen molar-refractivity contribution in [2.45, 2.75) is 18.7 Å². The van der Waals surface area contributed by atoms with Gasteiger partial charge in [0.05, 0.1) is 18.0 Å². The third kappa shape index (κ3) is 4.92. The summed E-state index contributed by atoms with van der Waals surface area (Å²) in [6.45, 7) is 1.30. The molecule has 0 saturated carbocycles. The molecule has 1 rings (SSSR count). The highest BCUT2D eigenvalue weighted by atomic mass is 35.5. The lowest BCUT2D eigenvalue weighted by molar-refractivity contribution is -0.120. The van der Waals surface area contributed by atoms with Crippen molar-refractivity contribution in [3.63, 3.8) is 0 Å². The van der Waals surface area contributed by atoms with Crippen LogP contribution in [0.2, 0.25) is 0 Å². The van der Waals surface area contributed by atoms with E-state index < -0.39 is 0 Å².